The van der Waals surface area contributed by atoms with Gasteiger partial charge in [0.1, 0.15) is 11.3 Å². The molecular weight excluding hydrogens is 258 g/mol. The third-order valence-corrected chi connectivity index (χ3v) is 5.21. The minimum Gasteiger partial charge on any atom is -0.308 e. The number of rotatable bonds is 6. The van der Waals surface area contributed by atoms with Gasteiger partial charge in [-0.1, -0.05) is 6.92 Å². The van der Waals surface area contributed by atoms with Crippen molar-refractivity contribution in [1.29, 1.82) is 0 Å². The maximum Gasteiger partial charge on any atom is 0.408 e. The van der Waals surface area contributed by atoms with Crippen molar-refractivity contribution in [2.75, 3.05) is 13.2 Å². The zero-order valence-corrected chi connectivity index (χ0v) is 10.9. The quantitative estimate of drug-likeness (QED) is 0.598. The van der Waals surface area contributed by atoms with Gasteiger partial charge in [-0.2, -0.15) is 13.2 Å². The maximum absolute atomic E-state index is 12.9. The van der Waals surface area contributed by atoms with Crippen LogP contribution in [0.3, 0.4) is 0 Å². The van der Waals surface area contributed by atoms with Crippen LogP contribution in [0.4, 0.5) is 13.2 Å². The highest BCUT2D eigenvalue weighted by molar-refractivity contribution is 7.55. The van der Waals surface area contributed by atoms with Gasteiger partial charge in [0.2, 0.25) is 0 Å². The van der Waals surface area contributed by atoms with E-state index in [2.05, 4.69) is 5.32 Å². The lowest BCUT2D eigenvalue weighted by atomic mass is 10.1. The molecule has 0 aromatic heterocycles. The van der Waals surface area contributed by atoms with Crippen molar-refractivity contribution in [2.45, 2.75) is 44.7 Å². The van der Waals surface area contributed by atoms with E-state index in [0.717, 1.165) is 0 Å². The third kappa shape index (κ3) is 2.52. The van der Waals surface area contributed by atoms with Gasteiger partial charge in [0.05, 0.1) is 13.2 Å². The molecule has 1 aliphatic rings. The highest BCUT2D eigenvalue weighted by Crippen LogP contribution is 2.65. The molecule has 0 aromatic carbocycles. The standard InChI is InChI=1S/C9H17F3NO3P/c1-4-8(9(10,11)12)7(13-8)17(14,15-5-2)16-6-3/h7,13H,4-6H2,1-3H3/t7-,8-/m0/s1. The molecule has 1 N–H and O–H groups in total. The predicted molar refractivity (Wildman–Crippen MR) is 56.9 cm³/mol. The van der Waals surface area contributed by atoms with Crippen LogP contribution in [0.25, 0.3) is 0 Å². The van der Waals surface area contributed by atoms with Gasteiger partial charge < -0.3 is 9.05 Å². The Kier molecular flexibility index (Phi) is 4.29. The molecule has 0 amide bonds. The smallest absolute Gasteiger partial charge is 0.308 e. The Morgan fingerprint density at radius 1 is 1.24 bits per heavy atom. The highest BCUT2D eigenvalue weighted by atomic mass is 31.2. The van der Waals surface area contributed by atoms with Crippen LogP contribution >= 0.6 is 7.60 Å². The second-order valence-corrected chi connectivity index (χ2v) is 5.86. The van der Waals surface area contributed by atoms with Crippen LogP contribution in [0.5, 0.6) is 0 Å². The molecule has 0 spiro atoms. The van der Waals surface area contributed by atoms with Crippen LogP contribution in [0.1, 0.15) is 27.2 Å². The SMILES string of the molecule is CCOP(=O)(OCC)[C@@H]1N[C@]1(CC)C(F)(F)F. The van der Waals surface area contributed by atoms with Crippen LogP contribution in [0.15, 0.2) is 0 Å². The van der Waals surface area contributed by atoms with Crippen molar-refractivity contribution < 1.29 is 26.8 Å². The van der Waals surface area contributed by atoms with Crippen LogP contribution in [-0.2, 0) is 13.6 Å². The van der Waals surface area contributed by atoms with Gasteiger partial charge in [-0.05, 0) is 20.3 Å². The fourth-order valence-corrected chi connectivity index (χ4v) is 4.18. The molecule has 0 saturated carbocycles. The average Bonchev–Trinajstić information content (AvgIpc) is 2.93. The second-order valence-electron chi connectivity index (χ2n) is 3.74. The van der Waals surface area contributed by atoms with Crippen LogP contribution in [-0.4, -0.2) is 30.7 Å². The Labute approximate surface area is 98.4 Å². The van der Waals surface area contributed by atoms with Gasteiger partial charge in [0.15, 0.2) is 0 Å². The summed E-state index contributed by atoms with van der Waals surface area (Å²) in [6, 6.07) is 0. The molecule has 8 heteroatoms. The van der Waals surface area contributed by atoms with E-state index in [1.165, 1.54) is 6.92 Å². The van der Waals surface area contributed by atoms with Crippen LogP contribution in [0.2, 0.25) is 0 Å². The average molecular weight is 275 g/mol. The summed E-state index contributed by atoms with van der Waals surface area (Å²) in [5, 5.41) is 2.24. The zero-order chi connectivity index (χ0) is 13.3. The van der Waals surface area contributed by atoms with E-state index in [4.69, 9.17) is 9.05 Å². The summed E-state index contributed by atoms with van der Waals surface area (Å²) >= 11 is 0. The number of hydrogen-bond donors (Lipinski definition) is 1. The lowest BCUT2D eigenvalue weighted by Gasteiger charge is -2.21. The lowest BCUT2D eigenvalue weighted by molar-refractivity contribution is -0.161. The summed E-state index contributed by atoms with van der Waals surface area (Å²) in [6.07, 6.45) is -4.67. The largest absolute Gasteiger partial charge is 0.408 e. The molecule has 102 valence electrons. The first-order valence-corrected chi connectivity index (χ1v) is 7.11. The number of hydrogen-bond acceptors (Lipinski definition) is 4. The van der Waals surface area contributed by atoms with Gasteiger partial charge in [-0.25, -0.2) is 0 Å². The molecular formula is C9H17F3NO3P. The first-order valence-electron chi connectivity index (χ1n) is 5.50. The topological polar surface area (TPSA) is 57.5 Å². The first kappa shape index (κ1) is 15.0. The molecule has 1 heterocycles. The lowest BCUT2D eigenvalue weighted by Crippen LogP contribution is -2.36. The Morgan fingerprint density at radius 3 is 1.94 bits per heavy atom. The molecule has 1 fully saturated rings. The summed E-state index contributed by atoms with van der Waals surface area (Å²) in [5.74, 6) is -1.29. The van der Waals surface area contributed by atoms with E-state index >= 15 is 0 Å². The highest BCUT2D eigenvalue weighted by Gasteiger charge is 2.76. The second kappa shape index (κ2) is 4.88. The van der Waals surface area contributed by atoms with Gasteiger partial charge in [0.25, 0.3) is 0 Å². The minimum atomic E-state index is -4.46. The number of alkyl halides is 3. The first-order chi connectivity index (χ1) is 7.77. The normalized spacial score (nSPS) is 29.4. The molecule has 17 heavy (non-hydrogen) atoms. The molecule has 4 nitrogen and oxygen atoms in total. The fraction of sp³-hybridized carbons (Fsp3) is 1.00. The molecule has 1 saturated heterocycles. The summed E-state index contributed by atoms with van der Waals surface area (Å²) < 4.78 is 60.6. The summed E-state index contributed by atoms with van der Waals surface area (Å²) in [6.45, 7) is 4.62. The molecule has 0 aromatic rings. The summed E-state index contributed by atoms with van der Waals surface area (Å²) in [4.78, 5) is 0. The van der Waals surface area contributed by atoms with Crippen LogP contribution < -0.4 is 5.32 Å². The van der Waals surface area contributed by atoms with Crippen molar-refractivity contribution in [3.05, 3.63) is 0 Å². The number of halogens is 3. The van der Waals surface area contributed by atoms with Gasteiger partial charge in [-0.15, -0.1) is 0 Å². The maximum atomic E-state index is 12.9. The van der Waals surface area contributed by atoms with Crippen molar-refractivity contribution in [2.24, 2.45) is 0 Å². The Hall–Kier alpha value is -0.100. The summed E-state index contributed by atoms with van der Waals surface area (Å²) in [5.41, 5.74) is -2.13. The predicted octanol–water partition coefficient (Wildman–Crippen LogP) is 2.89. The van der Waals surface area contributed by atoms with E-state index in [0.29, 0.717) is 0 Å². The third-order valence-electron chi connectivity index (χ3n) is 2.78. The van der Waals surface area contributed by atoms with E-state index in [1.807, 2.05) is 0 Å². The van der Waals surface area contributed by atoms with Crippen LogP contribution in [0, 0.1) is 0 Å². The molecule has 1 rings (SSSR count). The van der Waals surface area contributed by atoms with Crippen molar-refractivity contribution in [1.82, 2.24) is 5.32 Å². The van der Waals surface area contributed by atoms with Crippen molar-refractivity contribution >= 4 is 7.60 Å². The van der Waals surface area contributed by atoms with Gasteiger partial charge >= 0.3 is 13.8 Å². The zero-order valence-electron chi connectivity index (χ0n) is 10.0. The number of nitrogens with one attached hydrogen (secondary N) is 1. The molecule has 0 radical (unpaired) electrons. The van der Waals surface area contributed by atoms with E-state index in [9.17, 15) is 17.7 Å². The minimum absolute atomic E-state index is 0.0487. The van der Waals surface area contributed by atoms with Gasteiger partial charge in [-0.3, -0.25) is 9.88 Å². The Morgan fingerprint density at radius 2 is 1.71 bits per heavy atom. The molecule has 0 bridgehead atoms. The molecule has 0 aliphatic carbocycles. The Bertz CT molecular complexity index is 313. The Balaban J connectivity index is 2.91. The van der Waals surface area contributed by atoms with E-state index in [-0.39, 0.29) is 19.6 Å². The fourth-order valence-electron chi connectivity index (χ4n) is 1.83. The van der Waals surface area contributed by atoms with E-state index in [1.54, 1.807) is 13.8 Å². The summed E-state index contributed by atoms with van der Waals surface area (Å²) in [7, 11) is -3.75. The van der Waals surface area contributed by atoms with E-state index < -0.39 is 25.1 Å². The van der Waals surface area contributed by atoms with Crippen molar-refractivity contribution in [3.8, 4) is 0 Å². The van der Waals surface area contributed by atoms with Gasteiger partial charge in [0, 0.05) is 0 Å². The molecule has 1 aliphatic heterocycles. The van der Waals surface area contributed by atoms with Crippen molar-refractivity contribution in [3.63, 3.8) is 0 Å². The molecule has 0 unspecified atom stereocenters. The molecule has 2 atom stereocenters. The monoisotopic (exact) mass is 275 g/mol.